The van der Waals surface area contributed by atoms with Crippen molar-refractivity contribution in [1.82, 2.24) is 0 Å². The molecular weight excluding hydrogens is 459 g/mol. The molecule has 20 heavy (non-hydrogen) atoms. The molecule has 0 saturated carbocycles. The second kappa shape index (κ2) is 18.9. The summed E-state index contributed by atoms with van der Waals surface area (Å²) in [5.74, 6) is -5.02. The van der Waals surface area contributed by atoms with E-state index in [0.717, 1.165) is 0 Å². The van der Waals surface area contributed by atoms with E-state index in [1.807, 2.05) is 0 Å². The van der Waals surface area contributed by atoms with E-state index in [9.17, 15) is 14.4 Å². The Morgan fingerprint density at radius 2 is 1.00 bits per heavy atom. The molecule has 11 heteroatoms. The molecule has 0 unspecified atom stereocenters. The average molecular weight is 467 g/mol. The van der Waals surface area contributed by atoms with Gasteiger partial charge in [-0.2, -0.15) is 0 Å². The number of aliphatic hydroxyl groups is 1. The summed E-state index contributed by atoms with van der Waals surface area (Å²) >= 11 is 0. The minimum absolute atomic E-state index is 0. The largest absolute Gasteiger partial charge is 3.00 e. The molecule has 0 atom stereocenters. The van der Waals surface area contributed by atoms with Crippen LogP contribution in [0.4, 0.5) is 0 Å². The van der Waals surface area contributed by atoms with Crippen molar-refractivity contribution in [3.8, 4) is 0 Å². The van der Waals surface area contributed by atoms with E-state index < -0.39 is 36.4 Å². The van der Waals surface area contributed by atoms with Gasteiger partial charge in [0.2, 0.25) is 0 Å². The molecule has 0 aliphatic rings. The van der Waals surface area contributed by atoms with E-state index in [1.165, 1.54) is 0 Å². The Morgan fingerprint density at radius 3 is 1.10 bits per heavy atom. The number of carboxylic acid groups (broad SMARTS) is 3. The van der Waals surface area contributed by atoms with Crippen molar-refractivity contribution in [2.24, 2.45) is 0 Å². The first-order chi connectivity index (χ1) is 8.78. The first-order valence-corrected chi connectivity index (χ1v) is 3.84. The fourth-order valence-corrected chi connectivity index (χ4v) is 0.714. The van der Waals surface area contributed by atoms with Gasteiger partial charge in [0.1, 0.15) is 0 Å². The van der Waals surface area contributed by atoms with Gasteiger partial charge < -0.3 is 55.9 Å². The van der Waals surface area contributed by atoms with E-state index in [0.29, 0.717) is 0 Å². The summed E-state index contributed by atoms with van der Waals surface area (Å²) in [5.41, 5.74) is -2.74. The van der Waals surface area contributed by atoms with E-state index in [2.05, 4.69) is 0 Å². The molecule has 10 nitrogen and oxygen atoms in total. The molecule has 0 fully saturated rings. The third-order valence-corrected chi connectivity index (χ3v) is 1.29. The van der Waals surface area contributed by atoms with Crippen LogP contribution in [0.1, 0.15) is 12.8 Å². The number of carbonyl (C=O) groups is 3. The predicted molar refractivity (Wildman–Crippen MR) is 52.0 cm³/mol. The number of aliphatic carboxylic acids is 3. The van der Waals surface area contributed by atoms with Crippen LogP contribution in [-0.4, -0.2) is 43.9 Å². The van der Waals surface area contributed by atoms with Crippen LogP contribution in [0.5, 0.6) is 0 Å². The molecule has 0 heterocycles. The second-order valence-corrected chi connectivity index (χ2v) is 2.48. The van der Waals surface area contributed by atoms with Gasteiger partial charge in [0.05, 0.1) is 12.8 Å². The molecule has 0 amide bonds. The van der Waals surface area contributed by atoms with E-state index >= 15 is 0 Å². The molecule has 0 aromatic heterocycles. The van der Waals surface area contributed by atoms with Crippen molar-refractivity contribution in [1.29, 1.82) is 15.8 Å². The zero-order valence-electron chi connectivity index (χ0n) is 9.57. The van der Waals surface area contributed by atoms with Crippen molar-refractivity contribution in [2.45, 2.75) is 18.4 Å². The summed E-state index contributed by atoms with van der Waals surface area (Å²) in [7, 11) is 0. The minimum Gasteiger partial charge on any atom is -0.512 e. The van der Waals surface area contributed by atoms with Crippen LogP contribution >= 0.6 is 0 Å². The summed E-state index contributed by atoms with van der Waals surface area (Å²) in [6.45, 7) is 14.2. The molecule has 0 aliphatic carbocycles. The van der Waals surface area contributed by atoms with E-state index in [4.69, 9.17) is 55.9 Å². The Labute approximate surface area is 129 Å². The molecule has 0 bridgehead atoms. The zero-order valence-corrected chi connectivity index (χ0v) is 11.7. The van der Waals surface area contributed by atoms with Gasteiger partial charge in [-0.3, -0.25) is 9.59 Å². The fraction of sp³-hybridized carbons (Fsp3) is 0.333. The van der Waals surface area contributed by atoms with Crippen molar-refractivity contribution in [2.75, 3.05) is 0 Å². The van der Waals surface area contributed by atoms with E-state index in [1.54, 1.807) is 0 Å². The average Bonchev–Trinajstić information content (AvgIpc) is 2.34. The Morgan fingerprint density at radius 1 is 0.800 bits per heavy atom. The molecule has 4 N–H and O–H groups in total. The quantitative estimate of drug-likeness (QED) is 0.288. The molecule has 0 spiro atoms. The van der Waals surface area contributed by atoms with Crippen LogP contribution in [0, 0.1) is 35.5 Å². The monoisotopic (exact) mass is 467 g/mol. The molecule has 0 radical (unpaired) electrons. The van der Waals surface area contributed by atoms with Gasteiger partial charge in [-0.05, 0) is 0 Å². The van der Waals surface area contributed by atoms with Crippen LogP contribution in [0.15, 0.2) is 0 Å². The molecule has 112 valence electrons. The molecular formula is C9H8AuN3O7. The number of hydrogen-bond acceptors (Lipinski definition) is 7. The first-order valence-electron chi connectivity index (χ1n) is 3.84. The maximum Gasteiger partial charge on any atom is 3.00 e. The Kier molecular flexibility index (Phi) is 28.9. The maximum absolute atomic E-state index is 10.3. The standard InChI is InChI=1S/C6H8O7.3CN.Au/c7-3(8)1-6(13,5(11)12)2-4(9)10;3*1-2;/h13H,1-2H2,(H,7,8)(H,9,10)(H,11,12);;;;/q;3*-1;+3. The number of hydrogen-bond donors (Lipinski definition) is 4. The van der Waals surface area contributed by atoms with Gasteiger partial charge in [0.25, 0.3) is 0 Å². The first kappa shape index (κ1) is 30.5. The normalized spacial score (nSPS) is 7.35. The summed E-state index contributed by atoms with van der Waals surface area (Å²) in [6, 6.07) is 0. The van der Waals surface area contributed by atoms with Crippen molar-refractivity contribution in [3.63, 3.8) is 0 Å². The summed E-state index contributed by atoms with van der Waals surface area (Å²) in [5, 5.41) is 52.6. The molecule has 0 saturated heterocycles. The smallest absolute Gasteiger partial charge is 0.512 e. The van der Waals surface area contributed by atoms with Gasteiger partial charge in [-0.25, -0.2) is 4.79 Å². The van der Waals surface area contributed by atoms with Crippen molar-refractivity contribution < 1.29 is 57.2 Å². The Hall–Kier alpha value is -2.42. The van der Waals surface area contributed by atoms with Crippen molar-refractivity contribution in [3.05, 3.63) is 19.7 Å². The van der Waals surface area contributed by atoms with Gasteiger partial charge in [0.15, 0.2) is 5.60 Å². The molecule has 0 aromatic carbocycles. The fourth-order valence-electron chi connectivity index (χ4n) is 0.714. The molecule has 0 rings (SSSR count). The third kappa shape index (κ3) is 18.0. The van der Waals surface area contributed by atoms with E-state index in [-0.39, 0.29) is 22.4 Å². The molecule has 0 aliphatic heterocycles. The SMILES string of the molecule is O=C(O)CC(O)(CC(=O)O)C(=O)O.[Au+3].[C-]#N.[C-]#N.[C-]#N. The minimum atomic E-state index is -2.74. The maximum atomic E-state index is 10.3. The second-order valence-electron chi connectivity index (χ2n) is 2.48. The van der Waals surface area contributed by atoms with Crippen LogP contribution in [0.2, 0.25) is 0 Å². The topological polar surface area (TPSA) is 203 Å². The van der Waals surface area contributed by atoms with Crippen LogP contribution in [0.25, 0.3) is 0 Å². The van der Waals surface area contributed by atoms with Gasteiger partial charge in [-0.1, -0.05) is 0 Å². The van der Waals surface area contributed by atoms with Crippen LogP contribution in [0.3, 0.4) is 0 Å². The zero-order chi connectivity index (χ0) is 16.6. The molecule has 0 aromatic rings. The number of carboxylic acids is 3. The Bertz CT molecular complexity index is 334. The predicted octanol–water partition coefficient (Wildman–Crippen LogP) is -0.962. The summed E-state index contributed by atoms with van der Waals surface area (Å²) in [4.78, 5) is 30.5. The van der Waals surface area contributed by atoms with Crippen LogP contribution in [-0.2, 0) is 36.8 Å². The van der Waals surface area contributed by atoms with Crippen molar-refractivity contribution >= 4 is 17.9 Å². The third-order valence-electron chi connectivity index (χ3n) is 1.29. The Balaban J connectivity index is -0.0000000940. The van der Waals surface area contributed by atoms with Gasteiger partial charge in [-0.15, -0.1) is 0 Å². The van der Waals surface area contributed by atoms with Gasteiger partial charge in [0, 0.05) is 0 Å². The van der Waals surface area contributed by atoms with Gasteiger partial charge >= 0.3 is 40.3 Å². The summed E-state index contributed by atoms with van der Waals surface area (Å²) in [6.07, 6.45) is -2.29. The number of rotatable bonds is 5. The summed E-state index contributed by atoms with van der Waals surface area (Å²) < 4.78 is 0. The number of nitrogens with zero attached hydrogens (tertiary/aromatic N) is 3. The van der Waals surface area contributed by atoms with Crippen LogP contribution < -0.4 is 0 Å².